The Balaban J connectivity index is 1.83. The Bertz CT molecular complexity index is 615. The SMILES string of the molecule is O=C1N/C(=N\c2ncn[nH]2)S/C1=C\c1ccco1. The van der Waals surface area contributed by atoms with E-state index in [9.17, 15) is 4.79 Å². The predicted octanol–water partition coefficient (Wildman–Crippen LogP) is 1.29. The van der Waals surface area contributed by atoms with Gasteiger partial charge < -0.3 is 9.73 Å². The van der Waals surface area contributed by atoms with E-state index < -0.39 is 0 Å². The molecule has 18 heavy (non-hydrogen) atoms. The van der Waals surface area contributed by atoms with Gasteiger partial charge in [0.2, 0.25) is 5.95 Å². The van der Waals surface area contributed by atoms with Gasteiger partial charge in [-0.1, -0.05) is 0 Å². The third-order valence-corrected chi connectivity index (χ3v) is 2.99. The van der Waals surface area contributed by atoms with Crippen molar-refractivity contribution in [3.63, 3.8) is 0 Å². The molecule has 0 bridgehead atoms. The number of thioether (sulfide) groups is 1. The fraction of sp³-hybridized carbons (Fsp3) is 0. The zero-order chi connectivity index (χ0) is 12.4. The van der Waals surface area contributed by atoms with Crippen molar-refractivity contribution < 1.29 is 9.21 Å². The maximum Gasteiger partial charge on any atom is 0.264 e. The van der Waals surface area contributed by atoms with Crippen LogP contribution in [0.25, 0.3) is 6.08 Å². The molecule has 0 spiro atoms. The van der Waals surface area contributed by atoms with Gasteiger partial charge in [0.1, 0.15) is 12.1 Å². The van der Waals surface area contributed by atoms with Gasteiger partial charge in [-0.3, -0.25) is 4.79 Å². The van der Waals surface area contributed by atoms with E-state index in [-0.39, 0.29) is 5.91 Å². The van der Waals surface area contributed by atoms with E-state index in [0.29, 0.717) is 21.8 Å². The molecule has 7 nitrogen and oxygen atoms in total. The fourth-order valence-electron chi connectivity index (χ4n) is 1.33. The van der Waals surface area contributed by atoms with Crippen LogP contribution in [-0.4, -0.2) is 26.3 Å². The second kappa shape index (κ2) is 4.49. The lowest BCUT2D eigenvalue weighted by Gasteiger charge is -1.89. The summed E-state index contributed by atoms with van der Waals surface area (Å²) < 4.78 is 5.15. The van der Waals surface area contributed by atoms with Crippen molar-refractivity contribution in [2.24, 2.45) is 4.99 Å². The largest absolute Gasteiger partial charge is 0.465 e. The van der Waals surface area contributed by atoms with E-state index in [1.807, 2.05) is 0 Å². The third-order valence-electron chi connectivity index (χ3n) is 2.08. The number of nitrogens with one attached hydrogen (secondary N) is 2. The summed E-state index contributed by atoms with van der Waals surface area (Å²) >= 11 is 1.22. The average molecular weight is 261 g/mol. The molecule has 0 unspecified atom stereocenters. The van der Waals surface area contributed by atoms with E-state index in [0.717, 1.165) is 0 Å². The number of aliphatic imine (C=N–C) groups is 1. The summed E-state index contributed by atoms with van der Waals surface area (Å²) in [6.07, 6.45) is 4.55. The van der Waals surface area contributed by atoms with Gasteiger partial charge in [-0.2, -0.15) is 15.1 Å². The van der Waals surface area contributed by atoms with E-state index in [1.165, 1.54) is 18.1 Å². The van der Waals surface area contributed by atoms with Crippen LogP contribution in [-0.2, 0) is 4.79 Å². The normalized spacial score (nSPS) is 19.7. The van der Waals surface area contributed by atoms with Crippen molar-refractivity contribution in [3.05, 3.63) is 35.4 Å². The maximum atomic E-state index is 11.7. The van der Waals surface area contributed by atoms with Gasteiger partial charge in [0.25, 0.3) is 5.91 Å². The van der Waals surface area contributed by atoms with Gasteiger partial charge in [0.15, 0.2) is 5.17 Å². The molecule has 0 radical (unpaired) electrons. The number of amidine groups is 1. The van der Waals surface area contributed by atoms with Crippen molar-refractivity contribution in [2.75, 3.05) is 0 Å². The number of rotatable bonds is 2. The third kappa shape index (κ3) is 2.18. The molecule has 0 aliphatic carbocycles. The van der Waals surface area contributed by atoms with Crippen molar-refractivity contribution in [1.29, 1.82) is 0 Å². The zero-order valence-electron chi connectivity index (χ0n) is 8.95. The van der Waals surface area contributed by atoms with Crippen LogP contribution in [0, 0.1) is 0 Å². The minimum Gasteiger partial charge on any atom is -0.465 e. The molecule has 3 rings (SSSR count). The Morgan fingerprint density at radius 3 is 3.17 bits per heavy atom. The molecule has 1 aliphatic rings. The first-order chi connectivity index (χ1) is 8.81. The molecule has 8 heteroatoms. The highest BCUT2D eigenvalue weighted by Gasteiger charge is 2.24. The number of furan rings is 1. The Morgan fingerprint density at radius 2 is 2.44 bits per heavy atom. The van der Waals surface area contributed by atoms with E-state index >= 15 is 0 Å². The zero-order valence-corrected chi connectivity index (χ0v) is 9.77. The maximum absolute atomic E-state index is 11.7. The highest BCUT2D eigenvalue weighted by atomic mass is 32.2. The number of aromatic amines is 1. The number of carbonyl (C=O) groups is 1. The number of aromatic nitrogens is 3. The molecular weight excluding hydrogens is 254 g/mol. The first kappa shape index (κ1) is 10.8. The summed E-state index contributed by atoms with van der Waals surface area (Å²) in [5.41, 5.74) is 0. The van der Waals surface area contributed by atoms with Crippen LogP contribution in [0.1, 0.15) is 5.76 Å². The lowest BCUT2D eigenvalue weighted by Crippen LogP contribution is -2.19. The van der Waals surface area contributed by atoms with Gasteiger partial charge >= 0.3 is 0 Å². The molecule has 3 heterocycles. The summed E-state index contributed by atoms with van der Waals surface area (Å²) in [5.74, 6) is 0.750. The predicted molar refractivity (Wildman–Crippen MR) is 65.9 cm³/mol. The molecule has 1 fully saturated rings. The quantitative estimate of drug-likeness (QED) is 0.794. The number of amides is 1. The summed E-state index contributed by atoms with van der Waals surface area (Å²) in [4.78, 5) is 20.1. The highest BCUT2D eigenvalue weighted by Crippen LogP contribution is 2.27. The lowest BCUT2D eigenvalue weighted by atomic mass is 10.4. The smallest absolute Gasteiger partial charge is 0.264 e. The molecule has 1 amide bonds. The van der Waals surface area contributed by atoms with Crippen LogP contribution in [0.5, 0.6) is 0 Å². The van der Waals surface area contributed by atoms with Crippen LogP contribution in [0.4, 0.5) is 5.95 Å². The first-order valence-electron chi connectivity index (χ1n) is 5.00. The minimum absolute atomic E-state index is 0.213. The molecule has 1 aliphatic heterocycles. The van der Waals surface area contributed by atoms with Crippen LogP contribution in [0.15, 0.2) is 39.0 Å². The van der Waals surface area contributed by atoms with E-state index in [1.54, 1.807) is 24.5 Å². The van der Waals surface area contributed by atoms with Crippen LogP contribution >= 0.6 is 11.8 Å². The van der Waals surface area contributed by atoms with Crippen molar-refractivity contribution in [2.45, 2.75) is 0 Å². The monoisotopic (exact) mass is 261 g/mol. The number of hydrogen-bond donors (Lipinski definition) is 2. The Labute approximate surface area is 105 Å². The summed E-state index contributed by atoms with van der Waals surface area (Å²) in [6, 6.07) is 3.53. The second-order valence-corrected chi connectivity index (χ2v) is 4.34. The fourth-order valence-corrected chi connectivity index (χ4v) is 2.14. The van der Waals surface area contributed by atoms with Crippen LogP contribution in [0.3, 0.4) is 0 Å². The standard InChI is InChI=1S/C10H7N5O2S/c16-8-7(4-6-2-1-3-17-6)18-10(13-8)14-9-11-5-12-15-9/h1-5H,(H2,11,12,13,14,15,16)/b7-4-. The van der Waals surface area contributed by atoms with Crippen LogP contribution in [0.2, 0.25) is 0 Å². The number of nitrogens with zero attached hydrogens (tertiary/aromatic N) is 3. The topological polar surface area (TPSA) is 96.2 Å². The highest BCUT2D eigenvalue weighted by molar-refractivity contribution is 8.18. The average Bonchev–Trinajstić information content (AvgIpc) is 3.04. The summed E-state index contributed by atoms with van der Waals surface area (Å²) in [7, 11) is 0. The van der Waals surface area contributed by atoms with E-state index in [2.05, 4.69) is 25.5 Å². The van der Waals surface area contributed by atoms with Gasteiger partial charge in [0, 0.05) is 6.08 Å². The number of hydrogen-bond acceptors (Lipinski definition) is 6. The molecule has 0 saturated carbocycles. The van der Waals surface area contributed by atoms with Crippen LogP contribution < -0.4 is 5.32 Å². The summed E-state index contributed by atoms with van der Waals surface area (Å²) in [6.45, 7) is 0. The minimum atomic E-state index is -0.213. The molecule has 90 valence electrons. The van der Waals surface area contributed by atoms with Crippen molar-refractivity contribution in [3.8, 4) is 0 Å². The van der Waals surface area contributed by atoms with Gasteiger partial charge in [-0.25, -0.2) is 5.10 Å². The Kier molecular flexibility index (Phi) is 2.69. The molecular formula is C10H7N5O2S. The summed E-state index contributed by atoms with van der Waals surface area (Å²) in [5, 5.41) is 9.34. The molecule has 2 N–H and O–H groups in total. The van der Waals surface area contributed by atoms with Crippen molar-refractivity contribution in [1.82, 2.24) is 20.5 Å². The first-order valence-corrected chi connectivity index (χ1v) is 5.81. The van der Waals surface area contributed by atoms with Gasteiger partial charge in [-0.05, 0) is 23.9 Å². The Morgan fingerprint density at radius 1 is 1.50 bits per heavy atom. The number of H-pyrrole nitrogens is 1. The molecule has 0 aromatic carbocycles. The Hall–Kier alpha value is -2.35. The van der Waals surface area contributed by atoms with E-state index in [4.69, 9.17) is 4.42 Å². The molecule has 0 atom stereocenters. The molecule has 2 aromatic heterocycles. The second-order valence-electron chi connectivity index (χ2n) is 3.31. The molecule has 1 saturated heterocycles. The van der Waals surface area contributed by atoms with Gasteiger partial charge in [0.05, 0.1) is 11.2 Å². The van der Waals surface area contributed by atoms with Gasteiger partial charge in [-0.15, -0.1) is 0 Å². The molecule has 2 aromatic rings. The number of carbonyl (C=O) groups excluding carboxylic acids is 1. The lowest BCUT2D eigenvalue weighted by molar-refractivity contribution is -0.115. The van der Waals surface area contributed by atoms with Crippen molar-refractivity contribution >= 4 is 34.9 Å².